The highest BCUT2D eigenvalue weighted by Gasteiger charge is 1.98. The Morgan fingerprint density at radius 3 is 3.12 bits per heavy atom. The number of rotatable bonds is 5. The van der Waals surface area contributed by atoms with Crippen LogP contribution >= 0.6 is 11.3 Å². The van der Waals surface area contributed by atoms with E-state index in [-0.39, 0.29) is 0 Å². The zero-order valence-electron chi connectivity index (χ0n) is 9.31. The van der Waals surface area contributed by atoms with Crippen LogP contribution in [-0.4, -0.2) is 16.5 Å². The number of aromatic nitrogens is 2. The molecule has 0 spiro atoms. The quantitative estimate of drug-likeness (QED) is 0.804. The Bertz CT molecular complexity index is 426. The molecule has 0 saturated carbocycles. The Morgan fingerprint density at radius 1 is 1.44 bits per heavy atom. The summed E-state index contributed by atoms with van der Waals surface area (Å²) in [6, 6.07) is 2.04. The smallest absolute Gasteiger partial charge is 0.0794 e. The predicted molar refractivity (Wildman–Crippen MR) is 66.5 cm³/mol. The SMILES string of the molecule is Cc1ccncc1CNCCc1cscn1. The van der Waals surface area contributed by atoms with Crippen LogP contribution in [0.1, 0.15) is 16.8 Å². The number of hydrogen-bond acceptors (Lipinski definition) is 4. The molecule has 0 atom stereocenters. The van der Waals surface area contributed by atoms with Crippen LogP contribution in [0.25, 0.3) is 0 Å². The summed E-state index contributed by atoms with van der Waals surface area (Å²) in [6.07, 6.45) is 4.74. The van der Waals surface area contributed by atoms with E-state index in [0.29, 0.717) is 0 Å². The summed E-state index contributed by atoms with van der Waals surface area (Å²) < 4.78 is 0. The molecule has 0 saturated heterocycles. The van der Waals surface area contributed by atoms with E-state index in [1.807, 2.05) is 24.0 Å². The van der Waals surface area contributed by atoms with E-state index in [1.54, 1.807) is 11.3 Å². The molecule has 0 radical (unpaired) electrons. The maximum Gasteiger partial charge on any atom is 0.0794 e. The molecule has 0 aliphatic rings. The van der Waals surface area contributed by atoms with Gasteiger partial charge in [0.15, 0.2) is 0 Å². The van der Waals surface area contributed by atoms with E-state index in [9.17, 15) is 0 Å². The summed E-state index contributed by atoms with van der Waals surface area (Å²) in [4.78, 5) is 8.37. The molecule has 16 heavy (non-hydrogen) atoms. The Hall–Kier alpha value is -1.26. The van der Waals surface area contributed by atoms with Crippen molar-refractivity contribution in [2.45, 2.75) is 19.9 Å². The van der Waals surface area contributed by atoms with E-state index in [0.717, 1.165) is 19.5 Å². The lowest BCUT2D eigenvalue weighted by Gasteiger charge is -2.05. The zero-order valence-corrected chi connectivity index (χ0v) is 10.1. The molecule has 0 fully saturated rings. The van der Waals surface area contributed by atoms with Crippen molar-refractivity contribution in [2.75, 3.05) is 6.54 Å². The van der Waals surface area contributed by atoms with Crippen LogP contribution in [-0.2, 0) is 13.0 Å². The molecule has 0 bridgehead atoms. The number of aryl methyl sites for hydroxylation is 1. The van der Waals surface area contributed by atoms with Gasteiger partial charge in [-0.25, -0.2) is 4.98 Å². The van der Waals surface area contributed by atoms with Crippen molar-refractivity contribution in [3.63, 3.8) is 0 Å². The predicted octanol–water partition coefficient (Wildman–Crippen LogP) is 2.18. The van der Waals surface area contributed by atoms with E-state index >= 15 is 0 Å². The van der Waals surface area contributed by atoms with Crippen molar-refractivity contribution in [2.24, 2.45) is 0 Å². The lowest BCUT2D eigenvalue weighted by molar-refractivity contribution is 0.677. The molecule has 1 N–H and O–H groups in total. The zero-order chi connectivity index (χ0) is 11.2. The molecule has 3 nitrogen and oxygen atoms in total. The summed E-state index contributed by atoms with van der Waals surface area (Å²) in [5, 5.41) is 5.50. The topological polar surface area (TPSA) is 37.8 Å². The van der Waals surface area contributed by atoms with Gasteiger partial charge in [-0.1, -0.05) is 0 Å². The van der Waals surface area contributed by atoms with E-state index in [1.165, 1.54) is 16.8 Å². The van der Waals surface area contributed by atoms with Crippen LogP contribution in [0.15, 0.2) is 29.4 Å². The Kier molecular flexibility index (Phi) is 4.02. The third-order valence-corrected chi connectivity index (χ3v) is 3.14. The minimum atomic E-state index is 0.879. The van der Waals surface area contributed by atoms with Crippen molar-refractivity contribution in [3.8, 4) is 0 Å². The average molecular weight is 233 g/mol. The summed E-state index contributed by atoms with van der Waals surface area (Å²) in [5.41, 5.74) is 5.60. The van der Waals surface area contributed by atoms with Gasteiger partial charge in [0.1, 0.15) is 0 Å². The molecule has 0 aromatic carbocycles. The second-order valence-corrected chi connectivity index (χ2v) is 4.43. The number of nitrogens with one attached hydrogen (secondary N) is 1. The molecule has 2 aromatic rings. The third-order valence-electron chi connectivity index (χ3n) is 2.50. The summed E-state index contributed by atoms with van der Waals surface area (Å²) in [6.45, 7) is 3.95. The van der Waals surface area contributed by atoms with Crippen LogP contribution < -0.4 is 5.32 Å². The summed E-state index contributed by atoms with van der Waals surface area (Å²) in [7, 11) is 0. The lowest BCUT2D eigenvalue weighted by atomic mass is 10.1. The van der Waals surface area contributed by atoms with Crippen molar-refractivity contribution in [1.29, 1.82) is 0 Å². The Labute approximate surface area is 99.6 Å². The molecule has 0 unspecified atom stereocenters. The van der Waals surface area contributed by atoms with Crippen LogP contribution in [0.4, 0.5) is 0 Å². The van der Waals surface area contributed by atoms with Gasteiger partial charge in [-0.3, -0.25) is 4.98 Å². The largest absolute Gasteiger partial charge is 0.312 e. The monoisotopic (exact) mass is 233 g/mol. The van der Waals surface area contributed by atoms with Crippen LogP contribution in [0.5, 0.6) is 0 Å². The average Bonchev–Trinajstić information content (AvgIpc) is 2.79. The molecular weight excluding hydrogens is 218 g/mol. The van der Waals surface area contributed by atoms with E-state index in [4.69, 9.17) is 0 Å². The van der Waals surface area contributed by atoms with Gasteiger partial charge < -0.3 is 5.32 Å². The molecule has 2 aromatic heterocycles. The van der Waals surface area contributed by atoms with Gasteiger partial charge in [0.2, 0.25) is 0 Å². The van der Waals surface area contributed by atoms with Gasteiger partial charge >= 0.3 is 0 Å². The van der Waals surface area contributed by atoms with Gasteiger partial charge in [-0.2, -0.15) is 0 Å². The molecule has 0 amide bonds. The normalized spacial score (nSPS) is 10.6. The lowest BCUT2D eigenvalue weighted by Crippen LogP contribution is -2.17. The first kappa shape index (κ1) is 11.2. The number of nitrogens with zero attached hydrogens (tertiary/aromatic N) is 2. The fourth-order valence-corrected chi connectivity index (χ4v) is 2.08. The molecule has 0 aliphatic heterocycles. The van der Waals surface area contributed by atoms with Crippen molar-refractivity contribution in [3.05, 3.63) is 46.2 Å². The van der Waals surface area contributed by atoms with Gasteiger partial charge in [0.05, 0.1) is 11.2 Å². The van der Waals surface area contributed by atoms with Crippen molar-refractivity contribution in [1.82, 2.24) is 15.3 Å². The maximum atomic E-state index is 4.24. The van der Waals surface area contributed by atoms with Gasteiger partial charge in [0.25, 0.3) is 0 Å². The molecule has 0 aliphatic carbocycles. The third kappa shape index (κ3) is 3.12. The minimum Gasteiger partial charge on any atom is -0.312 e. The van der Waals surface area contributed by atoms with Crippen LogP contribution in [0.2, 0.25) is 0 Å². The first-order chi connectivity index (χ1) is 7.86. The van der Waals surface area contributed by atoms with E-state index < -0.39 is 0 Å². The standard InChI is InChI=1S/C12H15N3S/c1-10-2-4-13-6-11(10)7-14-5-3-12-8-16-9-15-12/h2,4,6,8-9,14H,3,5,7H2,1H3. The Balaban J connectivity index is 1.74. The minimum absolute atomic E-state index is 0.879. The molecule has 2 heterocycles. The number of thiazole rings is 1. The molecule has 2 rings (SSSR count). The fourth-order valence-electron chi connectivity index (χ4n) is 1.48. The first-order valence-electron chi connectivity index (χ1n) is 5.33. The molecule has 4 heteroatoms. The van der Waals surface area contributed by atoms with Gasteiger partial charge in [-0.15, -0.1) is 11.3 Å². The van der Waals surface area contributed by atoms with Crippen molar-refractivity contribution < 1.29 is 0 Å². The second-order valence-electron chi connectivity index (χ2n) is 3.71. The van der Waals surface area contributed by atoms with Crippen LogP contribution in [0.3, 0.4) is 0 Å². The highest BCUT2D eigenvalue weighted by Crippen LogP contribution is 2.04. The molecular formula is C12H15N3S. The highest BCUT2D eigenvalue weighted by molar-refractivity contribution is 7.07. The number of pyridine rings is 1. The van der Waals surface area contributed by atoms with Crippen molar-refractivity contribution >= 4 is 11.3 Å². The Morgan fingerprint density at radius 2 is 2.38 bits per heavy atom. The second kappa shape index (κ2) is 5.72. The van der Waals surface area contributed by atoms with Crippen LogP contribution in [0, 0.1) is 6.92 Å². The number of hydrogen-bond donors (Lipinski definition) is 1. The first-order valence-corrected chi connectivity index (χ1v) is 6.28. The summed E-state index contributed by atoms with van der Waals surface area (Å²) in [5.74, 6) is 0. The fraction of sp³-hybridized carbons (Fsp3) is 0.333. The van der Waals surface area contributed by atoms with Gasteiger partial charge in [0, 0.05) is 37.3 Å². The maximum absolute atomic E-state index is 4.24. The van der Waals surface area contributed by atoms with Gasteiger partial charge in [-0.05, 0) is 24.1 Å². The summed E-state index contributed by atoms with van der Waals surface area (Å²) >= 11 is 1.65. The highest BCUT2D eigenvalue weighted by atomic mass is 32.1. The van der Waals surface area contributed by atoms with E-state index in [2.05, 4.69) is 27.6 Å². The molecule has 84 valence electrons.